The van der Waals surface area contributed by atoms with Gasteiger partial charge in [0.2, 0.25) is 0 Å². The number of halogens is 1. The average Bonchev–Trinajstić information content (AvgIpc) is 3.39. The Morgan fingerprint density at radius 3 is 2.25 bits per heavy atom. The molecule has 1 aliphatic heterocycles. The monoisotopic (exact) mass is 589 g/mol. The zero-order valence-corrected chi connectivity index (χ0v) is 22.4. The molecule has 1 N–H and O–H groups in total. The maximum absolute atomic E-state index is 13.4. The maximum Gasteiger partial charge on any atom is 0.409 e. The summed E-state index contributed by atoms with van der Waals surface area (Å²) in [6.45, 7) is 0.167. The number of benzene rings is 2. The number of aliphatic carboxylic acids is 1. The third-order valence-corrected chi connectivity index (χ3v) is 11.5. The van der Waals surface area contributed by atoms with E-state index in [1.807, 2.05) is 36.4 Å². The summed E-state index contributed by atoms with van der Waals surface area (Å²) in [6, 6.07) is 19.4. The lowest BCUT2D eigenvalue weighted by atomic mass is 9.97. The molecule has 5 rings (SSSR count). The molecule has 0 radical (unpaired) electrons. The molecular formula is C26H24BrNO6S2. The fourth-order valence-electron chi connectivity index (χ4n) is 5.24. The molecule has 2 aromatic carbocycles. The van der Waals surface area contributed by atoms with Crippen LogP contribution in [-0.2, 0) is 24.1 Å². The highest BCUT2D eigenvalue weighted by atomic mass is 79.9. The van der Waals surface area contributed by atoms with E-state index in [9.17, 15) is 23.1 Å². The summed E-state index contributed by atoms with van der Waals surface area (Å²) in [5, 5.41) is 9.59. The van der Waals surface area contributed by atoms with Gasteiger partial charge in [0.05, 0.1) is 16.0 Å². The van der Waals surface area contributed by atoms with Gasteiger partial charge in [-0.25, -0.2) is 13.2 Å². The van der Waals surface area contributed by atoms with Crippen LogP contribution >= 0.6 is 27.3 Å². The summed E-state index contributed by atoms with van der Waals surface area (Å²) < 4.78 is 31.7. The van der Waals surface area contributed by atoms with Crippen LogP contribution in [0.15, 0.2) is 64.5 Å². The van der Waals surface area contributed by atoms with Gasteiger partial charge in [-0.15, -0.1) is 11.3 Å². The fourth-order valence-corrected chi connectivity index (χ4v) is 9.22. The van der Waals surface area contributed by atoms with Crippen LogP contribution < -0.4 is 0 Å². The number of carboxylic acid groups (broad SMARTS) is 1. The van der Waals surface area contributed by atoms with Crippen molar-refractivity contribution in [3.63, 3.8) is 0 Å². The summed E-state index contributed by atoms with van der Waals surface area (Å²) >= 11 is 4.56. The number of nitrogens with zero attached hydrogens (tertiary/aromatic N) is 1. The second-order valence-corrected chi connectivity index (χ2v) is 13.9. The van der Waals surface area contributed by atoms with Crippen molar-refractivity contribution in [2.24, 2.45) is 0 Å². The van der Waals surface area contributed by atoms with Crippen LogP contribution in [-0.4, -0.2) is 55.9 Å². The van der Waals surface area contributed by atoms with Crippen LogP contribution in [0.4, 0.5) is 4.79 Å². The second kappa shape index (κ2) is 9.64. The van der Waals surface area contributed by atoms with Crippen molar-refractivity contribution in [3.05, 3.63) is 80.5 Å². The molecule has 1 aromatic heterocycles. The third kappa shape index (κ3) is 4.35. The van der Waals surface area contributed by atoms with Crippen LogP contribution in [0.1, 0.15) is 34.8 Å². The van der Waals surface area contributed by atoms with Gasteiger partial charge < -0.3 is 14.7 Å². The van der Waals surface area contributed by atoms with Gasteiger partial charge in [-0.1, -0.05) is 48.5 Å². The van der Waals surface area contributed by atoms with E-state index in [0.717, 1.165) is 26.0 Å². The molecule has 3 aromatic rings. The van der Waals surface area contributed by atoms with Gasteiger partial charge in [0, 0.05) is 23.9 Å². The molecule has 1 aliphatic carbocycles. The fraction of sp³-hybridized carbons (Fsp3) is 0.308. The topological polar surface area (TPSA) is 101 Å². The number of carbonyl (C=O) groups excluding carboxylic acids is 1. The molecule has 1 atom stereocenters. The number of fused-ring (bicyclic) bond motifs is 3. The van der Waals surface area contributed by atoms with E-state index in [-0.39, 0.29) is 37.8 Å². The van der Waals surface area contributed by atoms with Gasteiger partial charge in [0.1, 0.15) is 11.4 Å². The predicted octanol–water partition coefficient (Wildman–Crippen LogP) is 5.25. The molecule has 0 bridgehead atoms. The molecule has 1 saturated heterocycles. The normalized spacial score (nSPS) is 20.9. The maximum atomic E-state index is 13.4. The predicted molar refractivity (Wildman–Crippen MR) is 141 cm³/mol. The summed E-state index contributed by atoms with van der Waals surface area (Å²) in [7, 11) is -3.87. The van der Waals surface area contributed by atoms with Crippen molar-refractivity contribution in [2.45, 2.75) is 23.5 Å². The van der Waals surface area contributed by atoms with E-state index in [4.69, 9.17) is 4.74 Å². The molecule has 1 unspecified atom stereocenters. The van der Waals surface area contributed by atoms with Gasteiger partial charge in [0.25, 0.3) is 0 Å². The minimum absolute atomic E-state index is 0.0151. The number of carbonyl (C=O) groups is 2. The Labute approximate surface area is 221 Å². The first-order chi connectivity index (χ1) is 17.2. The number of carboxylic acids is 1. The Hall–Kier alpha value is -2.69. The highest BCUT2D eigenvalue weighted by Gasteiger charge is 2.50. The lowest BCUT2D eigenvalue weighted by Crippen LogP contribution is -2.39. The zero-order chi connectivity index (χ0) is 25.5. The minimum atomic E-state index is -3.87. The van der Waals surface area contributed by atoms with Crippen molar-refractivity contribution in [1.82, 2.24) is 4.90 Å². The Kier molecular flexibility index (Phi) is 6.69. The molecule has 10 heteroatoms. The van der Waals surface area contributed by atoms with Crippen molar-refractivity contribution < 1.29 is 27.9 Å². The molecule has 0 spiro atoms. The van der Waals surface area contributed by atoms with E-state index in [1.54, 1.807) is 12.1 Å². The first-order valence-corrected chi connectivity index (χ1v) is 14.8. The van der Waals surface area contributed by atoms with Crippen molar-refractivity contribution in [3.8, 4) is 11.1 Å². The zero-order valence-electron chi connectivity index (χ0n) is 19.2. The molecule has 2 aliphatic rings. The smallest absolute Gasteiger partial charge is 0.409 e. The van der Waals surface area contributed by atoms with E-state index in [1.165, 1.54) is 16.2 Å². The molecular weight excluding hydrogens is 566 g/mol. The lowest BCUT2D eigenvalue weighted by molar-refractivity contribution is -0.137. The molecule has 2 heterocycles. The van der Waals surface area contributed by atoms with Crippen LogP contribution in [0.3, 0.4) is 0 Å². The van der Waals surface area contributed by atoms with Crippen LogP contribution in [0.2, 0.25) is 0 Å². The number of hydrogen-bond acceptors (Lipinski definition) is 6. The Balaban J connectivity index is 1.35. The molecule has 7 nitrogen and oxygen atoms in total. The quantitative estimate of drug-likeness (QED) is 0.436. The highest BCUT2D eigenvalue weighted by molar-refractivity contribution is 9.11. The summed E-state index contributed by atoms with van der Waals surface area (Å²) in [5.41, 5.74) is 4.42. The van der Waals surface area contributed by atoms with Crippen LogP contribution in [0, 0.1) is 0 Å². The van der Waals surface area contributed by atoms with E-state index in [2.05, 4.69) is 28.1 Å². The largest absolute Gasteiger partial charge is 0.481 e. The number of amides is 1. The Morgan fingerprint density at radius 2 is 1.67 bits per heavy atom. The first-order valence-electron chi connectivity index (χ1n) is 11.5. The van der Waals surface area contributed by atoms with E-state index in [0.29, 0.717) is 4.88 Å². The third-order valence-electron chi connectivity index (χ3n) is 7.06. The Morgan fingerprint density at radius 1 is 1.03 bits per heavy atom. The molecule has 1 fully saturated rings. The number of hydrogen-bond donors (Lipinski definition) is 1. The van der Waals surface area contributed by atoms with Gasteiger partial charge >= 0.3 is 12.1 Å². The van der Waals surface area contributed by atoms with Gasteiger partial charge in [-0.2, -0.15) is 0 Å². The minimum Gasteiger partial charge on any atom is -0.481 e. The number of rotatable bonds is 5. The number of thiophene rings is 1. The number of ether oxygens (including phenoxy) is 1. The van der Waals surface area contributed by atoms with Crippen molar-refractivity contribution >= 4 is 49.2 Å². The van der Waals surface area contributed by atoms with E-state index >= 15 is 0 Å². The summed E-state index contributed by atoms with van der Waals surface area (Å²) in [4.78, 5) is 26.7. The number of sulfone groups is 1. The molecule has 0 saturated carbocycles. The standard InChI is InChI=1S/C26H24BrNO6S2/c27-23-10-9-22(35-23)26(15-24(29)30)11-12-28(13-14-36(26,32)33)25(31)34-16-21-19-7-3-1-5-17(19)18-6-2-4-8-20(18)21/h1-10,21H,11-16H2,(H,29,30). The van der Waals surface area contributed by atoms with E-state index < -0.39 is 33.1 Å². The Bertz CT molecular complexity index is 1390. The van der Waals surface area contributed by atoms with Crippen LogP contribution in [0.25, 0.3) is 11.1 Å². The molecule has 36 heavy (non-hydrogen) atoms. The lowest BCUT2D eigenvalue weighted by Gasteiger charge is -2.29. The SMILES string of the molecule is O=C(O)CC1(c2ccc(Br)s2)CCN(C(=O)OCC2c3ccccc3-c3ccccc32)CCS1(=O)=O. The average molecular weight is 591 g/mol. The summed E-state index contributed by atoms with van der Waals surface area (Å²) in [6.07, 6.45) is -1.16. The van der Waals surface area contributed by atoms with Gasteiger partial charge in [-0.3, -0.25) is 4.79 Å². The van der Waals surface area contributed by atoms with Crippen molar-refractivity contribution in [2.75, 3.05) is 25.4 Å². The van der Waals surface area contributed by atoms with Crippen LogP contribution in [0.5, 0.6) is 0 Å². The van der Waals surface area contributed by atoms with Gasteiger partial charge in [0.15, 0.2) is 9.84 Å². The van der Waals surface area contributed by atoms with Gasteiger partial charge in [-0.05, 0) is 56.7 Å². The second-order valence-electron chi connectivity index (χ2n) is 9.03. The first kappa shape index (κ1) is 25.0. The molecule has 1 amide bonds. The molecule has 188 valence electrons. The summed E-state index contributed by atoms with van der Waals surface area (Å²) in [5.74, 6) is -1.63. The van der Waals surface area contributed by atoms with Crippen molar-refractivity contribution in [1.29, 1.82) is 0 Å². The highest BCUT2D eigenvalue weighted by Crippen LogP contribution is 2.46.